The van der Waals surface area contributed by atoms with Crippen LogP contribution in [0.5, 0.6) is 5.75 Å². The van der Waals surface area contributed by atoms with Crippen LogP contribution in [0.3, 0.4) is 0 Å². The highest BCUT2D eigenvalue weighted by atomic mass is 35.5. The second kappa shape index (κ2) is 5.98. The Balaban J connectivity index is 2.06. The summed E-state index contributed by atoms with van der Waals surface area (Å²) >= 11 is 11.9. The zero-order chi connectivity index (χ0) is 13.0. The molecule has 0 radical (unpaired) electrons. The first-order valence-corrected chi connectivity index (χ1v) is 6.26. The van der Waals surface area contributed by atoms with Gasteiger partial charge in [-0.25, -0.2) is 0 Å². The molecule has 2 aromatic carbocycles. The molecule has 2 nitrogen and oxygen atoms in total. The average molecular weight is 282 g/mol. The lowest BCUT2D eigenvalue weighted by Crippen LogP contribution is -1.99. The molecule has 0 spiro atoms. The van der Waals surface area contributed by atoms with E-state index in [1.807, 2.05) is 36.4 Å². The van der Waals surface area contributed by atoms with Crippen LogP contribution in [0.25, 0.3) is 0 Å². The molecule has 4 heteroatoms. The Hall–Kier alpha value is -1.38. The van der Waals surface area contributed by atoms with Crippen molar-refractivity contribution < 1.29 is 4.74 Å². The van der Waals surface area contributed by atoms with Crippen LogP contribution >= 0.6 is 23.2 Å². The predicted molar refractivity (Wildman–Crippen MR) is 76.8 cm³/mol. The minimum atomic E-state index is 0.621. The Labute approximate surface area is 116 Å². The number of nitrogens with one attached hydrogen (secondary N) is 1. The predicted octanol–water partition coefficient (Wildman–Crippen LogP) is 4.61. The Morgan fingerprint density at radius 3 is 2.44 bits per heavy atom. The minimum Gasteiger partial charge on any atom is -0.497 e. The van der Waals surface area contributed by atoms with Crippen LogP contribution < -0.4 is 10.1 Å². The second-order valence-electron chi connectivity index (χ2n) is 3.86. The van der Waals surface area contributed by atoms with Crippen LogP contribution in [-0.2, 0) is 6.54 Å². The monoisotopic (exact) mass is 281 g/mol. The molecule has 0 bridgehead atoms. The number of ether oxygens (including phenoxy) is 1. The molecule has 0 aliphatic carbocycles. The van der Waals surface area contributed by atoms with Gasteiger partial charge in [0, 0.05) is 22.3 Å². The summed E-state index contributed by atoms with van der Waals surface area (Å²) < 4.78 is 5.18. The van der Waals surface area contributed by atoms with E-state index < -0.39 is 0 Å². The van der Waals surface area contributed by atoms with Gasteiger partial charge >= 0.3 is 0 Å². The van der Waals surface area contributed by atoms with Crippen LogP contribution in [-0.4, -0.2) is 7.11 Å². The zero-order valence-electron chi connectivity index (χ0n) is 9.91. The van der Waals surface area contributed by atoms with E-state index in [2.05, 4.69) is 5.32 Å². The molecule has 1 N–H and O–H groups in total. The van der Waals surface area contributed by atoms with Crippen molar-refractivity contribution in [3.8, 4) is 5.75 Å². The van der Waals surface area contributed by atoms with Gasteiger partial charge in [-0.2, -0.15) is 0 Å². The third kappa shape index (κ3) is 3.56. The molecule has 0 amide bonds. The lowest BCUT2D eigenvalue weighted by atomic mass is 10.2. The van der Waals surface area contributed by atoms with E-state index in [-0.39, 0.29) is 0 Å². The molecule has 2 aromatic rings. The number of hydrogen-bond acceptors (Lipinski definition) is 2. The molecular formula is C14H13Cl2NO. The Morgan fingerprint density at radius 2 is 1.78 bits per heavy atom. The van der Waals surface area contributed by atoms with Crippen molar-refractivity contribution in [2.45, 2.75) is 6.54 Å². The maximum absolute atomic E-state index is 5.94. The van der Waals surface area contributed by atoms with E-state index in [0.29, 0.717) is 16.6 Å². The van der Waals surface area contributed by atoms with Gasteiger partial charge in [0.15, 0.2) is 0 Å². The number of methoxy groups -OCH3 is 1. The normalized spacial score (nSPS) is 10.2. The van der Waals surface area contributed by atoms with Gasteiger partial charge in [0.2, 0.25) is 0 Å². The van der Waals surface area contributed by atoms with Crippen LogP contribution in [0.15, 0.2) is 42.5 Å². The summed E-state index contributed by atoms with van der Waals surface area (Å²) in [6.07, 6.45) is 0. The molecule has 0 aliphatic rings. The van der Waals surface area contributed by atoms with Gasteiger partial charge < -0.3 is 10.1 Å². The maximum atomic E-state index is 5.94. The highest BCUT2D eigenvalue weighted by Crippen LogP contribution is 2.23. The van der Waals surface area contributed by atoms with Crippen LogP contribution in [0.1, 0.15) is 5.56 Å². The molecule has 0 aromatic heterocycles. The summed E-state index contributed by atoms with van der Waals surface area (Å²) in [4.78, 5) is 0. The smallest absolute Gasteiger partial charge is 0.119 e. The molecule has 0 unspecified atom stereocenters. The third-order valence-corrected chi connectivity index (χ3v) is 2.93. The molecule has 0 heterocycles. The lowest BCUT2D eigenvalue weighted by Gasteiger charge is -2.08. The molecule has 18 heavy (non-hydrogen) atoms. The molecule has 0 atom stereocenters. The summed E-state index contributed by atoms with van der Waals surface area (Å²) in [6.45, 7) is 0.688. The van der Waals surface area contributed by atoms with Crippen molar-refractivity contribution in [1.82, 2.24) is 0 Å². The van der Waals surface area contributed by atoms with Gasteiger partial charge in [0.05, 0.1) is 7.11 Å². The molecule has 94 valence electrons. The van der Waals surface area contributed by atoms with Gasteiger partial charge in [-0.3, -0.25) is 0 Å². The zero-order valence-corrected chi connectivity index (χ0v) is 11.4. The average Bonchev–Trinajstić information content (AvgIpc) is 2.35. The van der Waals surface area contributed by atoms with Crippen molar-refractivity contribution in [1.29, 1.82) is 0 Å². The summed E-state index contributed by atoms with van der Waals surface area (Å²) in [7, 11) is 1.66. The number of hydrogen-bond donors (Lipinski definition) is 1. The van der Waals surface area contributed by atoms with E-state index in [1.54, 1.807) is 13.2 Å². The fourth-order valence-electron chi connectivity index (χ4n) is 1.64. The van der Waals surface area contributed by atoms with Gasteiger partial charge in [0.1, 0.15) is 5.75 Å². The number of halogens is 2. The van der Waals surface area contributed by atoms with Crippen molar-refractivity contribution in [2.24, 2.45) is 0 Å². The SMILES string of the molecule is COc1cccc(CNc2cc(Cl)cc(Cl)c2)c1. The van der Waals surface area contributed by atoms with Crippen molar-refractivity contribution >= 4 is 28.9 Å². The fraction of sp³-hybridized carbons (Fsp3) is 0.143. The number of rotatable bonds is 4. The Kier molecular flexibility index (Phi) is 4.34. The van der Waals surface area contributed by atoms with E-state index >= 15 is 0 Å². The van der Waals surface area contributed by atoms with E-state index in [9.17, 15) is 0 Å². The summed E-state index contributed by atoms with van der Waals surface area (Å²) in [5, 5.41) is 4.51. The van der Waals surface area contributed by atoms with Gasteiger partial charge in [-0.1, -0.05) is 35.3 Å². The van der Waals surface area contributed by atoms with Crippen LogP contribution in [0, 0.1) is 0 Å². The quantitative estimate of drug-likeness (QED) is 0.883. The molecule has 2 rings (SSSR count). The second-order valence-corrected chi connectivity index (χ2v) is 4.74. The fourth-order valence-corrected chi connectivity index (χ4v) is 2.17. The van der Waals surface area contributed by atoms with Crippen molar-refractivity contribution in [3.05, 3.63) is 58.1 Å². The largest absolute Gasteiger partial charge is 0.497 e. The topological polar surface area (TPSA) is 21.3 Å². The summed E-state index contributed by atoms with van der Waals surface area (Å²) in [5.41, 5.74) is 2.03. The lowest BCUT2D eigenvalue weighted by molar-refractivity contribution is 0.414. The molecule has 0 aliphatic heterocycles. The number of benzene rings is 2. The van der Waals surface area contributed by atoms with Crippen molar-refractivity contribution in [2.75, 3.05) is 12.4 Å². The highest BCUT2D eigenvalue weighted by molar-refractivity contribution is 6.35. The standard InChI is InChI=1S/C14H13Cl2NO/c1-18-14-4-2-3-10(5-14)9-17-13-7-11(15)6-12(16)8-13/h2-8,17H,9H2,1H3. The molecule has 0 saturated carbocycles. The first-order valence-electron chi connectivity index (χ1n) is 5.50. The highest BCUT2D eigenvalue weighted by Gasteiger charge is 1.99. The Bertz CT molecular complexity index is 523. The molecule has 0 saturated heterocycles. The minimum absolute atomic E-state index is 0.621. The molecule has 0 fully saturated rings. The van der Waals surface area contributed by atoms with E-state index in [4.69, 9.17) is 27.9 Å². The van der Waals surface area contributed by atoms with E-state index in [0.717, 1.165) is 17.0 Å². The van der Waals surface area contributed by atoms with Gasteiger partial charge in [-0.15, -0.1) is 0 Å². The first-order chi connectivity index (χ1) is 8.67. The first kappa shape index (κ1) is 13.1. The van der Waals surface area contributed by atoms with Crippen LogP contribution in [0.4, 0.5) is 5.69 Å². The molecular weight excluding hydrogens is 269 g/mol. The number of anilines is 1. The Morgan fingerprint density at radius 1 is 1.06 bits per heavy atom. The summed E-state index contributed by atoms with van der Waals surface area (Å²) in [6, 6.07) is 13.3. The summed E-state index contributed by atoms with van der Waals surface area (Å²) in [5.74, 6) is 0.846. The van der Waals surface area contributed by atoms with Gasteiger partial charge in [-0.05, 0) is 35.9 Å². The van der Waals surface area contributed by atoms with Gasteiger partial charge in [0.25, 0.3) is 0 Å². The maximum Gasteiger partial charge on any atom is 0.119 e. The van der Waals surface area contributed by atoms with Crippen molar-refractivity contribution in [3.63, 3.8) is 0 Å². The van der Waals surface area contributed by atoms with E-state index in [1.165, 1.54) is 0 Å². The third-order valence-electron chi connectivity index (χ3n) is 2.49. The van der Waals surface area contributed by atoms with Crippen LogP contribution in [0.2, 0.25) is 10.0 Å².